The van der Waals surface area contributed by atoms with Gasteiger partial charge >= 0.3 is 6.03 Å². The zero-order chi connectivity index (χ0) is 17.2. The number of nitrogens with zero attached hydrogens (tertiary/aromatic N) is 3. The van der Waals surface area contributed by atoms with Gasteiger partial charge in [-0.1, -0.05) is 6.07 Å². The van der Waals surface area contributed by atoms with Gasteiger partial charge in [-0.2, -0.15) is 0 Å². The molecule has 0 aliphatic carbocycles. The van der Waals surface area contributed by atoms with Gasteiger partial charge in [-0.3, -0.25) is 4.98 Å². The Kier molecular flexibility index (Phi) is 4.17. The number of carbonyl (C=O) groups excluding carboxylic acids is 1. The molecular formula is C19H22N4O2. The number of fused-ring (bicyclic) bond motifs is 2. The minimum absolute atomic E-state index is 0.0192. The second-order valence-electron chi connectivity index (χ2n) is 6.57. The first-order valence-electron chi connectivity index (χ1n) is 8.58. The molecule has 2 amide bonds. The Morgan fingerprint density at radius 1 is 1.24 bits per heavy atom. The van der Waals surface area contributed by atoms with E-state index in [2.05, 4.69) is 27.3 Å². The molecule has 4 rings (SSSR count). The lowest BCUT2D eigenvalue weighted by molar-refractivity contribution is 0.188. The Morgan fingerprint density at radius 2 is 2.08 bits per heavy atom. The molecule has 2 atom stereocenters. The summed E-state index contributed by atoms with van der Waals surface area (Å²) in [7, 11) is 1.68. The standard InChI is InChI=1S/C19H22N4O2/c1-25-18-6-4-15(5-7-18)22-12-17-9-16(22)13-23(17)19(24)21-11-14-3-2-8-20-10-14/h2-8,10,16-17H,9,11-13H2,1H3,(H,21,24)/t16-,17-/m1/s1. The van der Waals surface area contributed by atoms with Crippen LogP contribution in [0.1, 0.15) is 12.0 Å². The number of methoxy groups -OCH3 is 1. The van der Waals surface area contributed by atoms with Gasteiger partial charge in [0.15, 0.2) is 0 Å². The molecule has 0 spiro atoms. The number of ether oxygens (including phenoxy) is 1. The van der Waals surface area contributed by atoms with Crippen LogP contribution >= 0.6 is 0 Å². The van der Waals surface area contributed by atoms with Crippen molar-refractivity contribution in [1.29, 1.82) is 0 Å². The molecule has 2 saturated heterocycles. The van der Waals surface area contributed by atoms with Gasteiger partial charge < -0.3 is 19.9 Å². The number of aromatic nitrogens is 1. The number of piperazine rings is 1. The van der Waals surface area contributed by atoms with Gasteiger partial charge in [0.1, 0.15) is 5.75 Å². The molecular weight excluding hydrogens is 316 g/mol. The lowest BCUT2D eigenvalue weighted by atomic mass is 10.2. The average molecular weight is 338 g/mol. The van der Waals surface area contributed by atoms with Crippen LogP contribution in [0.5, 0.6) is 5.75 Å². The number of anilines is 1. The van der Waals surface area contributed by atoms with E-state index in [1.807, 2.05) is 29.2 Å². The maximum absolute atomic E-state index is 12.5. The van der Waals surface area contributed by atoms with E-state index >= 15 is 0 Å². The van der Waals surface area contributed by atoms with Crippen molar-refractivity contribution in [3.05, 3.63) is 54.4 Å². The molecule has 2 aliphatic rings. The first-order chi connectivity index (χ1) is 12.2. The molecule has 1 N–H and O–H groups in total. The molecule has 2 aliphatic heterocycles. The molecule has 130 valence electrons. The van der Waals surface area contributed by atoms with Gasteiger partial charge in [0.25, 0.3) is 0 Å². The van der Waals surface area contributed by atoms with Crippen LogP contribution in [0.4, 0.5) is 10.5 Å². The predicted molar refractivity (Wildman–Crippen MR) is 95.7 cm³/mol. The second-order valence-corrected chi connectivity index (χ2v) is 6.57. The lowest BCUT2D eigenvalue weighted by Crippen LogP contribution is -2.51. The van der Waals surface area contributed by atoms with E-state index in [-0.39, 0.29) is 12.1 Å². The lowest BCUT2D eigenvalue weighted by Gasteiger charge is -2.35. The summed E-state index contributed by atoms with van der Waals surface area (Å²) in [6, 6.07) is 12.7. The Labute approximate surface area is 147 Å². The highest BCUT2D eigenvalue weighted by Gasteiger charge is 2.45. The third-order valence-electron chi connectivity index (χ3n) is 5.07. The number of pyridine rings is 1. The number of carbonyl (C=O) groups is 1. The highest BCUT2D eigenvalue weighted by molar-refractivity contribution is 5.76. The van der Waals surface area contributed by atoms with Gasteiger partial charge in [0.2, 0.25) is 0 Å². The predicted octanol–water partition coefficient (Wildman–Crippen LogP) is 2.26. The number of likely N-dealkylation sites (tertiary alicyclic amines) is 1. The fourth-order valence-electron chi connectivity index (χ4n) is 3.79. The molecule has 2 aromatic rings. The van der Waals surface area contributed by atoms with E-state index in [4.69, 9.17) is 4.74 Å². The van der Waals surface area contributed by atoms with Crippen LogP contribution in [0.25, 0.3) is 0 Å². The van der Waals surface area contributed by atoms with E-state index in [9.17, 15) is 4.79 Å². The summed E-state index contributed by atoms with van der Waals surface area (Å²) in [4.78, 5) is 20.9. The second kappa shape index (κ2) is 6.63. The SMILES string of the molecule is COc1ccc(N2C[C@H]3C[C@@H]2CN3C(=O)NCc2cccnc2)cc1. The monoisotopic (exact) mass is 338 g/mol. The fraction of sp³-hybridized carbons (Fsp3) is 0.368. The van der Waals surface area contributed by atoms with Gasteiger partial charge in [0.05, 0.1) is 13.2 Å². The quantitative estimate of drug-likeness (QED) is 0.929. The summed E-state index contributed by atoms with van der Waals surface area (Å²) in [5.41, 5.74) is 2.21. The van der Waals surface area contributed by atoms with Crippen LogP contribution in [0.15, 0.2) is 48.8 Å². The molecule has 2 fully saturated rings. The number of hydrogen-bond acceptors (Lipinski definition) is 4. The van der Waals surface area contributed by atoms with Crippen molar-refractivity contribution >= 4 is 11.7 Å². The number of benzene rings is 1. The first kappa shape index (κ1) is 15.7. The van der Waals surface area contributed by atoms with E-state index in [1.54, 1.807) is 19.5 Å². The van der Waals surface area contributed by atoms with Crippen LogP contribution < -0.4 is 15.0 Å². The Hall–Kier alpha value is -2.76. The average Bonchev–Trinajstić information content (AvgIpc) is 3.28. The molecule has 6 nitrogen and oxygen atoms in total. The van der Waals surface area contributed by atoms with E-state index in [0.29, 0.717) is 12.6 Å². The third-order valence-corrected chi connectivity index (χ3v) is 5.07. The normalized spacial score (nSPS) is 21.5. The van der Waals surface area contributed by atoms with E-state index in [0.717, 1.165) is 30.8 Å². The molecule has 3 heterocycles. The van der Waals surface area contributed by atoms with Crippen LogP contribution in [0.3, 0.4) is 0 Å². The fourth-order valence-corrected chi connectivity index (χ4v) is 3.79. The van der Waals surface area contributed by atoms with Gasteiger partial charge in [-0.25, -0.2) is 4.79 Å². The van der Waals surface area contributed by atoms with Crippen molar-refractivity contribution in [2.45, 2.75) is 25.0 Å². The topological polar surface area (TPSA) is 57.7 Å². The zero-order valence-corrected chi connectivity index (χ0v) is 14.3. The summed E-state index contributed by atoms with van der Waals surface area (Å²) in [6.45, 7) is 2.18. The largest absolute Gasteiger partial charge is 0.497 e. The number of nitrogens with one attached hydrogen (secondary N) is 1. The molecule has 1 aromatic heterocycles. The van der Waals surface area contributed by atoms with Crippen molar-refractivity contribution in [1.82, 2.24) is 15.2 Å². The number of urea groups is 1. The highest BCUT2D eigenvalue weighted by atomic mass is 16.5. The Bertz CT molecular complexity index is 735. The number of rotatable bonds is 4. The molecule has 0 unspecified atom stereocenters. The van der Waals surface area contributed by atoms with Crippen LogP contribution in [0, 0.1) is 0 Å². The van der Waals surface area contributed by atoms with Crippen molar-refractivity contribution in [2.75, 3.05) is 25.1 Å². The summed E-state index contributed by atoms with van der Waals surface area (Å²) >= 11 is 0. The summed E-state index contributed by atoms with van der Waals surface area (Å²) in [6.07, 6.45) is 4.55. The molecule has 6 heteroatoms. The molecule has 25 heavy (non-hydrogen) atoms. The maximum atomic E-state index is 12.5. The van der Waals surface area contributed by atoms with Crippen LogP contribution in [0.2, 0.25) is 0 Å². The van der Waals surface area contributed by atoms with Crippen molar-refractivity contribution in [3.8, 4) is 5.75 Å². The molecule has 1 aromatic carbocycles. The minimum Gasteiger partial charge on any atom is -0.497 e. The zero-order valence-electron chi connectivity index (χ0n) is 14.3. The Morgan fingerprint density at radius 3 is 2.72 bits per heavy atom. The van der Waals surface area contributed by atoms with Crippen LogP contribution in [-0.4, -0.2) is 48.2 Å². The first-order valence-corrected chi connectivity index (χ1v) is 8.58. The summed E-state index contributed by atoms with van der Waals surface area (Å²) in [5, 5.41) is 3.01. The van der Waals surface area contributed by atoms with Gasteiger partial charge in [0, 0.05) is 43.8 Å². The van der Waals surface area contributed by atoms with E-state index in [1.165, 1.54) is 5.69 Å². The third kappa shape index (κ3) is 3.12. The minimum atomic E-state index is 0.0192. The number of hydrogen-bond donors (Lipinski definition) is 1. The van der Waals surface area contributed by atoms with Gasteiger partial charge in [-0.05, 0) is 42.3 Å². The smallest absolute Gasteiger partial charge is 0.318 e. The van der Waals surface area contributed by atoms with Gasteiger partial charge in [-0.15, -0.1) is 0 Å². The molecule has 2 bridgehead atoms. The number of amides is 2. The van der Waals surface area contributed by atoms with Crippen molar-refractivity contribution in [3.63, 3.8) is 0 Å². The maximum Gasteiger partial charge on any atom is 0.318 e. The molecule has 0 saturated carbocycles. The van der Waals surface area contributed by atoms with E-state index < -0.39 is 0 Å². The molecule has 0 radical (unpaired) electrons. The van der Waals surface area contributed by atoms with Crippen molar-refractivity contribution < 1.29 is 9.53 Å². The Balaban J connectivity index is 1.35. The summed E-state index contributed by atoms with van der Waals surface area (Å²) < 4.78 is 5.22. The summed E-state index contributed by atoms with van der Waals surface area (Å²) in [5.74, 6) is 0.865. The van der Waals surface area contributed by atoms with Crippen molar-refractivity contribution in [2.24, 2.45) is 0 Å². The highest BCUT2D eigenvalue weighted by Crippen LogP contribution is 2.35. The van der Waals surface area contributed by atoms with Crippen LogP contribution in [-0.2, 0) is 6.54 Å².